The SMILES string of the molecule is CCCN(C(=O)c1ccco1)C(CC)c1nc2ccccc2c(=O)n1CCOC. The first-order valence-electron chi connectivity index (χ1n) is 9.95. The van der Waals surface area contributed by atoms with Gasteiger partial charge < -0.3 is 14.1 Å². The van der Waals surface area contributed by atoms with Crippen LogP contribution < -0.4 is 5.56 Å². The Balaban J connectivity index is 2.15. The summed E-state index contributed by atoms with van der Waals surface area (Å²) in [5.74, 6) is 0.648. The molecule has 0 saturated heterocycles. The maximum absolute atomic E-state index is 13.2. The minimum absolute atomic E-state index is 0.122. The van der Waals surface area contributed by atoms with Gasteiger partial charge in [0.25, 0.3) is 11.5 Å². The molecule has 2 aromatic heterocycles. The van der Waals surface area contributed by atoms with Gasteiger partial charge in [-0.05, 0) is 37.1 Å². The summed E-state index contributed by atoms with van der Waals surface area (Å²) < 4.78 is 12.2. The van der Waals surface area contributed by atoms with Crippen molar-refractivity contribution in [2.75, 3.05) is 20.3 Å². The minimum Gasteiger partial charge on any atom is -0.459 e. The van der Waals surface area contributed by atoms with Crippen LogP contribution in [-0.4, -0.2) is 40.6 Å². The van der Waals surface area contributed by atoms with E-state index in [1.54, 1.807) is 34.8 Å². The largest absolute Gasteiger partial charge is 0.459 e. The lowest BCUT2D eigenvalue weighted by Crippen LogP contribution is -2.39. The Morgan fingerprint density at radius 3 is 2.69 bits per heavy atom. The number of fused-ring (bicyclic) bond motifs is 1. The normalized spacial score (nSPS) is 12.2. The molecule has 0 fully saturated rings. The number of nitrogens with zero attached hydrogens (tertiary/aromatic N) is 3. The average molecular weight is 397 g/mol. The molecule has 0 N–H and O–H groups in total. The minimum atomic E-state index is -0.360. The quantitative estimate of drug-likeness (QED) is 0.551. The number of amides is 1. The highest BCUT2D eigenvalue weighted by molar-refractivity contribution is 5.91. The smallest absolute Gasteiger partial charge is 0.290 e. The van der Waals surface area contributed by atoms with Gasteiger partial charge in [-0.1, -0.05) is 26.0 Å². The van der Waals surface area contributed by atoms with E-state index < -0.39 is 0 Å². The lowest BCUT2D eigenvalue weighted by atomic mass is 10.1. The van der Waals surface area contributed by atoms with Crippen molar-refractivity contribution in [1.82, 2.24) is 14.5 Å². The molecule has 0 radical (unpaired) electrons. The van der Waals surface area contributed by atoms with Crippen LogP contribution in [0.5, 0.6) is 0 Å². The van der Waals surface area contributed by atoms with Crippen molar-refractivity contribution < 1.29 is 13.9 Å². The summed E-state index contributed by atoms with van der Waals surface area (Å²) in [6, 6.07) is 10.3. The molecule has 0 bridgehead atoms. The van der Waals surface area contributed by atoms with Crippen LogP contribution in [0.3, 0.4) is 0 Å². The van der Waals surface area contributed by atoms with Crippen molar-refractivity contribution in [1.29, 1.82) is 0 Å². The number of para-hydroxylation sites is 1. The van der Waals surface area contributed by atoms with E-state index in [0.29, 0.717) is 42.8 Å². The predicted molar refractivity (Wildman–Crippen MR) is 111 cm³/mol. The summed E-state index contributed by atoms with van der Waals surface area (Å²) in [5.41, 5.74) is 0.504. The summed E-state index contributed by atoms with van der Waals surface area (Å²) >= 11 is 0. The first kappa shape index (κ1) is 20.8. The third kappa shape index (κ3) is 4.24. The van der Waals surface area contributed by atoms with Gasteiger partial charge in [-0.2, -0.15) is 0 Å². The Kier molecular flexibility index (Phi) is 6.82. The second kappa shape index (κ2) is 9.52. The monoisotopic (exact) mass is 397 g/mol. The molecule has 0 aliphatic heterocycles. The molecule has 0 saturated carbocycles. The van der Waals surface area contributed by atoms with E-state index in [2.05, 4.69) is 0 Å². The Bertz CT molecular complexity index is 1010. The lowest BCUT2D eigenvalue weighted by Gasteiger charge is -2.31. The van der Waals surface area contributed by atoms with Crippen molar-refractivity contribution in [3.63, 3.8) is 0 Å². The van der Waals surface area contributed by atoms with Crippen molar-refractivity contribution in [2.45, 2.75) is 39.3 Å². The van der Waals surface area contributed by atoms with E-state index >= 15 is 0 Å². The second-order valence-electron chi connectivity index (χ2n) is 6.84. The van der Waals surface area contributed by atoms with Crippen LogP contribution >= 0.6 is 0 Å². The van der Waals surface area contributed by atoms with E-state index in [-0.39, 0.29) is 23.3 Å². The summed E-state index contributed by atoms with van der Waals surface area (Å²) in [5, 5.41) is 0.557. The average Bonchev–Trinajstić information content (AvgIpc) is 3.28. The van der Waals surface area contributed by atoms with E-state index in [1.807, 2.05) is 32.0 Å². The van der Waals surface area contributed by atoms with Crippen molar-refractivity contribution in [3.05, 3.63) is 64.6 Å². The summed E-state index contributed by atoms with van der Waals surface area (Å²) in [6.45, 7) is 5.29. The van der Waals surface area contributed by atoms with Crippen LogP contribution in [0.25, 0.3) is 10.9 Å². The highest BCUT2D eigenvalue weighted by Crippen LogP contribution is 2.26. The van der Waals surface area contributed by atoms with Crippen LogP contribution in [0, 0.1) is 0 Å². The van der Waals surface area contributed by atoms with Crippen molar-refractivity contribution in [2.24, 2.45) is 0 Å². The van der Waals surface area contributed by atoms with Crippen LogP contribution in [0.4, 0.5) is 0 Å². The van der Waals surface area contributed by atoms with Gasteiger partial charge in [0, 0.05) is 13.7 Å². The summed E-state index contributed by atoms with van der Waals surface area (Å²) in [4.78, 5) is 32.9. The molecule has 29 heavy (non-hydrogen) atoms. The second-order valence-corrected chi connectivity index (χ2v) is 6.84. The molecule has 7 heteroatoms. The Morgan fingerprint density at radius 2 is 2.03 bits per heavy atom. The topological polar surface area (TPSA) is 77.6 Å². The van der Waals surface area contributed by atoms with Gasteiger partial charge in [-0.25, -0.2) is 4.98 Å². The number of carbonyl (C=O) groups excluding carboxylic acids is 1. The molecule has 1 amide bonds. The van der Waals surface area contributed by atoms with Gasteiger partial charge in [-0.15, -0.1) is 0 Å². The molecule has 3 rings (SSSR count). The lowest BCUT2D eigenvalue weighted by molar-refractivity contribution is 0.0622. The van der Waals surface area contributed by atoms with Gasteiger partial charge >= 0.3 is 0 Å². The standard InChI is InChI=1S/C22H27N3O4/c1-4-12-24(22(27)19-11-8-14-29-19)18(5-2)20-23-17-10-7-6-9-16(17)21(26)25(20)13-15-28-3/h6-11,14,18H,4-5,12-13,15H2,1-3H3. The fourth-order valence-electron chi connectivity index (χ4n) is 3.56. The van der Waals surface area contributed by atoms with Crippen molar-refractivity contribution >= 4 is 16.8 Å². The molecule has 1 atom stereocenters. The van der Waals surface area contributed by atoms with Crippen LogP contribution in [0.15, 0.2) is 51.9 Å². The zero-order chi connectivity index (χ0) is 20.8. The number of methoxy groups -OCH3 is 1. The molecule has 154 valence electrons. The zero-order valence-corrected chi connectivity index (χ0v) is 17.1. The Hall–Kier alpha value is -2.93. The van der Waals surface area contributed by atoms with E-state index in [0.717, 1.165) is 6.42 Å². The zero-order valence-electron chi connectivity index (χ0n) is 17.1. The molecular weight excluding hydrogens is 370 g/mol. The third-order valence-corrected chi connectivity index (χ3v) is 4.93. The highest BCUT2D eigenvalue weighted by atomic mass is 16.5. The van der Waals surface area contributed by atoms with Crippen molar-refractivity contribution in [3.8, 4) is 0 Å². The fraction of sp³-hybridized carbons (Fsp3) is 0.409. The fourth-order valence-corrected chi connectivity index (χ4v) is 3.56. The van der Waals surface area contributed by atoms with E-state index in [1.165, 1.54) is 6.26 Å². The molecule has 2 heterocycles. The van der Waals surface area contributed by atoms with Crippen LogP contribution in [0.1, 0.15) is 49.1 Å². The molecular formula is C22H27N3O4. The number of carbonyl (C=O) groups is 1. The number of ether oxygens (including phenoxy) is 1. The molecule has 0 spiro atoms. The third-order valence-electron chi connectivity index (χ3n) is 4.93. The number of hydrogen-bond donors (Lipinski definition) is 0. The summed E-state index contributed by atoms with van der Waals surface area (Å²) in [7, 11) is 1.60. The number of benzene rings is 1. The Morgan fingerprint density at radius 1 is 1.24 bits per heavy atom. The maximum Gasteiger partial charge on any atom is 0.290 e. The van der Waals surface area contributed by atoms with Crippen LogP contribution in [-0.2, 0) is 11.3 Å². The van der Waals surface area contributed by atoms with Gasteiger partial charge in [0.05, 0.1) is 36.4 Å². The van der Waals surface area contributed by atoms with E-state index in [9.17, 15) is 9.59 Å². The van der Waals surface area contributed by atoms with Gasteiger partial charge in [0.2, 0.25) is 0 Å². The van der Waals surface area contributed by atoms with Gasteiger partial charge in [0.15, 0.2) is 5.76 Å². The Labute approximate surface area is 169 Å². The highest BCUT2D eigenvalue weighted by Gasteiger charge is 2.29. The maximum atomic E-state index is 13.2. The first-order chi connectivity index (χ1) is 14.1. The van der Waals surface area contributed by atoms with Gasteiger partial charge in [0.1, 0.15) is 5.82 Å². The first-order valence-corrected chi connectivity index (χ1v) is 9.95. The molecule has 3 aromatic rings. The molecule has 1 aromatic carbocycles. The number of furan rings is 1. The molecule has 0 aliphatic carbocycles. The van der Waals surface area contributed by atoms with Crippen LogP contribution in [0.2, 0.25) is 0 Å². The molecule has 1 unspecified atom stereocenters. The van der Waals surface area contributed by atoms with Gasteiger partial charge in [-0.3, -0.25) is 14.2 Å². The number of aromatic nitrogens is 2. The summed E-state index contributed by atoms with van der Waals surface area (Å²) in [6.07, 6.45) is 2.88. The van der Waals surface area contributed by atoms with E-state index in [4.69, 9.17) is 14.1 Å². The number of rotatable bonds is 9. The molecule has 7 nitrogen and oxygen atoms in total. The number of hydrogen-bond acceptors (Lipinski definition) is 5. The molecule has 0 aliphatic rings. The predicted octanol–water partition coefficient (Wildman–Crippen LogP) is 3.64.